The van der Waals surface area contributed by atoms with Crippen molar-refractivity contribution in [3.63, 3.8) is 0 Å². The number of aromatic nitrogens is 2. The van der Waals surface area contributed by atoms with Gasteiger partial charge in [0.05, 0.1) is 5.69 Å². The lowest BCUT2D eigenvalue weighted by Gasteiger charge is -2.50. The van der Waals surface area contributed by atoms with E-state index in [4.69, 9.17) is 0 Å². The number of fused-ring (bicyclic) bond motifs is 1. The molecule has 1 aromatic heterocycles. The summed E-state index contributed by atoms with van der Waals surface area (Å²) in [5.74, 6) is 1.69. The van der Waals surface area contributed by atoms with Crippen molar-refractivity contribution in [3.05, 3.63) is 36.9 Å². The Morgan fingerprint density at radius 3 is 3.18 bits per heavy atom. The SMILES string of the molecule is C=CCN1CC[C@@H]2C[C@@H](C(=O)NCCc3cnccn3)[C@@H]2C1. The van der Waals surface area contributed by atoms with Crippen LogP contribution in [0.15, 0.2) is 31.2 Å². The highest BCUT2D eigenvalue weighted by Gasteiger charge is 2.47. The van der Waals surface area contributed by atoms with Gasteiger partial charge in [-0.1, -0.05) is 6.08 Å². The Morgan fingerprint density at radius 1 is 1.50 bits per heavy atom. The number of nitrogens with one attached hydrogen (secondary N) is 1. The molecule has 0 bridgehead atoms. The molecule has 5 heteroatoms. The number of amides is 1. The van der Waals surface area contributed by atoms with Crippen molar-refractivity contribution in [3.8, 4) is 0 Å². The second-order valence-corrected chi connectivity index (χ2v) is 6.34. The first-order chi connectivity index (χ1) is 10.8. The molecule has 3 rings (SSSR count). The van der Waals surface area contributed by atoms with E-state index in [9.17, 15) is 4.79 Å². The highest BCUT2D eigenvalue weighted by molar-refractivity contribution is 5.80. The highest BCUT2D eigenvalue weighted by Crippen LogP contribution is 2.45. The van der Waals surface area contributed by atoms with Gasteiger partial charge in [0.1, 0.15) is 0 Å². The molecule has 1 aliphatic carbocycles. The van der Waals surface area contributed by atoms with E-state index in [1.165, 1.54) is 6.42 Å². The molecule has 1 aromatic rings. The second kappa shape index (κ2) is 7.01. The molecular weight excluding hydrogens is 276 g/mol. The minimum Gasteiger partial charge on any atom is -0.355 e. The number of likely N-dealkylation sites (tertiary alicyclic amines) is 1. The van der Waals surface area contributed by atoms with Crippen LogP contribution in [0.25, 0.3) is 0 Å². The third-order valence-electron chi connectivity index (χ3n) is 4.99. The lowest BCUT2D eigenvalue weighted by atomic mass is 9.61. The summed E-state index contributed by atoms with van der Waals surface area (Å²) in [4.78, 5) is 23.0. The number of carbonyl (C=O) groups is 1. The van der Waals surface area contributed by atoms with Crippen molar-refractivity contribution >= 4 is 5.91 Å². The van der Waals surface area contributed by atoms with Gasteiger partial charge in [-0.15, -0.1) is 6.58 Å². The van der Waals surface area contributed by atoms with Crippen LogP contribution in [0.5, 0.6) is 0 Å². The molecule has 1 aliphatic heterocycles. The van der Waals surface area contributed by atoms with Gasteiger partial charge in [-0.3, -0.25) is 19.7 Å². The number of hydrogen-bond donors (Lipinski definition) is 1. The zero-order valence-electron chi connectivity index (χ0n) is 12.9. The predicted molar refractivity (Wildman–Crippen MR) is 85.1 cm³/mol. The summed E-state index contributed by atoms with van der Waals surface area (Å²) < 4.78 is 0. The topological polar surface area (TPSA) is 58.1 Å². The first kappa shape index (κ1) is 15.2. The molecule has 3 atom stereocenters. The van der Waals surface area contributed by atoms with Crippen molar-refractivity contribution in [2.24, 2.45) is 17.8 Å². The molecule has 1 saturated heterocycles. The van der Waals surface area contributed by atoms with Gasteiger partial charge < -0.3 is 5.32 Å². The first-order valence-electron chi connectivity index (χ1n) is 8.13. The van der Waals surface area contributed by atoms with Crippen LogP contribution in [0, 0.1) is 17.8 Å². The Balaban J connectivity index is 1.44. The zero-order valence-corrected chi connectivity index (χ0v) is 12.9. The third-order valence-corrected chi connectivity index (χ3v) is 4.99. The maximum absolute atomic E-state index is 12.3. The summed E-state index contributed by atoms with van der Waals surface area (Å²) in [6.45, 7) is 7.57. The fraction of sp³-hybridized carbons (Fsp3) is 0.588. The lowest BCUT2D eigenvalue weighted by Crippen LogP contribution is -2.55. The fourth-order valence-corrected chi connectivity index (χ4v) is 3.71. The largest absolute Gasteiger partial charge is 0.355 e. The van der Waals surface area contributed by atoms with Gasteiger partial charge in [-0.2, -0.15) is 0 Å². The van der Waals surface area contributed by atoms with Crippen LogP contribution in [-0.4, -0.2) is 47.0 Å². The molecule has 2 fully saturated rings. The van der Waals surface area contributed by atoms with Gasteiger partial charge in [-0.25, -0.2) is 0 Å². The highest BCUT2D eigenvalue weighted by atomic mass is 16.1. The van der Waals surface area contributed by atoms with E-state index in [-0.39, 0.29) is 11.8 Å². The van der Waals surface area contributed by atoms with Crippen LogP contribution in [0.3, 0.4) is 0 Å². The maximum atomic E-state index is 12.3. The molecule has 1 amide bonds. The minimum atomic E-state index is 0.194. The van der Waals surface area contributed by atoms with Gasteiger partial charge in [0.2, 0.25) is 5.91 Å². The smallest absolute Gasteiger partial charge is 0.223 e. The van der Waals surface area contributed by atoms with Crippen LogP contribution in [0.2, 0.25) is 0 Å². The fourth-order valence-electron chi connectivity index (χ4n) is 3.71. The Labute approximate surface area is 131 Å². The Bertz CT molecular complexity index is 519. The van der Waals surface area contributed by atoms with E-state index in [1.807, 2.05) is 6.08 Å². The Hall–Kier alpha value is -1.75. The summed E-state index contributed by atoms with van der Waals surface area (Å²) in [6, 6.07) is 0. The predicted octanol–water partition coefficient (Wildman–Crippen LogP) is 1.28. The van der Waals surface area contributed by atoms with Gasteiger partial charge in [-0.05, 0) is 31.2 Å². The first-order valence-corrected chi connectivity index (χ1v) is 8.13. The van der Waals surface area contributed by atoms with Crippen molar-refractivity contribution in [2.45, 2.75) is 19.3 Å². The number of rotatable bonds is 6. The molecule has 1 saturated carbocycles. The molecule has 0 radical (unpaired) electrons. The molecular formula is C17H24N4O. The quantitative estimate of drug-likeness (QED) is 0.804. The molecule has 2 heterocycles. The summed E-state index contributed by atoms with van der Waals surface area (Å²) >= 11 is 0. The molecule has 2 aliphatic rings. The summed E-state index contributed by atoms with van der Waals surface area (Å²) in [7, 11) is 0. The lowest BCUT2D eigenvalue weighted by molar-refractivity contribution is -0.136. The normalized spacial score (nSPS) is 27.5. The summed E-state index contributed by atoms with van der Waals surface area (Å²) in [5.41, 5.74) is 0.920. The van der Waals surface area contributed by atoms with Gasteiger partial charge in [0.15, 0.2) is 0 Å². The zero-order chi connectivity index (χ0) is 15.4. The molecule has 0 aromatic carbocycles. The molecule has 118 valence electrons. The van der Waals surface area contributed by atoms with Crippen molar-refractivity contribution in [1.29, 1.82) is 0 Å². The molecule has 1 N–H and O–H groups in total. The summed E-state index contributed by atoms with van der Waals surface area (Å²) in [6.07, 6.45) is 10.1. The van der Waals surface area contributed by atoms with E-state index in [0.29, 0.717) is 12.5 Å². The number of nitrogens with zero attached hydrogens (tertiary/aromatic N) is 3. The number of hydrogen-bond acceptors (Lipinski definition) is 4. The number of carbonyl (C=O) groups excluding carboxylic acids is 1. The third kappa shape index (κ3) is 3.35. The second-order valence-electron chi connectivity index (χ2n) is 6.34. The van der Waals surface area contributed by atoms with Crippen LogP contribution in [0.1, 0.15) is 18.5 Å². The monoisotopic (exact) mass is 300 g/mol. The van der Waals surface area contributed by atoms with Gasteiger partial charge in [0, 0.05) is 50.6 Å². The average molecular weight is 300 g/mol. The average Bonchev–Trinajstić information content (AvgIpc) is 2.51. The van der Waals surface area contributed by atoms with E-state index in [0.717, 1.165) is 44.1 Å². The minimum absolute atomic E-state index is 0.194. The molecule has 0 unspecified atom stereocenters. The van der Waals surface area contributed by atoms with E-state index >= 15 is 0 Å². The van der Waals surface area contributed by atoms with Crippen LogP contribution >= 0.6 is 0 Å². The van der Waals surface area contributed by atoms with Gasteiger partial charge in [0.25, 0.3) is 0 Å². The summed E-state index contributed by atoms with van der Waals surface area (Å²) in [5, 5.41) is 3.07. The van der Waals surface area contributed by atoms with Crippen molar-refractivity contribution in [1.82, 2.24) is 20.2 Å². The standard InChI is InChI=1S/C17H24N4O/c1-2-8-21-9-4-13-10-15(16(13)12-21)17(22)20-5-3-14-11-18-6-7-19-14/h2,6-7,11,13,15-16H,1,3-5,8-10,12H2,(H,20,22)/t13-,15-,16-/m1/s1. The van der Waals surface area contributed by atoms with Crippen LogP contribution < -0.4 is 5.32 Å². The van der Waals surface area contributed by atoms with E-state index in [1.54, 1.807) is 18.6 Å². The van der Waals surface area contributed by atoms with Crippen LogP contribution in [0.4, 0.5) is 0 Å². The Kier molecular flexibility index (Phi) is 4.83. The van der Waals surface area contributed by atoms with Crippen molar-refractivity contribution < 1.29 is 4.79 Å². The van der Waals surface area contributed by atoms with Gasteiger partial charge >= 0.3 is 0 Å². The molecule has 0 spiro atoms. The Morgan fingerprint density at radius 2 is 2.41 bits per heavy atom. The number of piperidine rings is 1. The van der Waals surface area contributed by atoms with E-state index in [2.05, 4.69) is 26.8 Å². The maximum Gasteiger partial charge on any atom is 0.223 e. The molecule has 22 heavy (non-hydrogen) atoms. The van der Waals surface area contributed by atoms with Crippen LogP contribution in [-0.2, 0) is 11.2 Å². The van der Waals surface area contributed by atoms with Crippen molar-refractivity contribution in [2.75, 3.05) is 26.2 Å². The molecule has 5 nitrogen and oxygen atoms in total. The van der Waals surface area contributed by atoms with E-state index < -0.39 is 0 Å².